The van der Waals surface area contributed by atoms with E-state index in [0.717, 1.165) is 6.04 Å². The molecule has 19 heavy (non-hydrogen) atoms. The molecule has 1 aromatic rings. The van der Waals surface area contributed by atoms with Crippen LogP contribution in [0, 0.1) is 6.92 Å². The molecule has 110 valence electrons. The Morgan fingerprint density at radius 2 is 1.89 bits per heavy atom. The van der Waals surface area contributed by atoms with E-state index in [4.69, 9.17) is 4.74 Å². The average molecular weight is 359 g/mol. The van der Waals surface area contributed by atoms with Crippen molar-refractivity contribution in [2.45, 2.75) is 45.5 Å². The van der Waals surface area contributed by atoms with Crippen molar-refractivity contribution in [1.82, 2.24) is 9.78 Å². The lowest BCUT2D eigenvalue weighted by molar-refractivity contribution is -0.142. The zero-order chi connectivity index (χ0) is 14.8. The fraction of sp³-hybridized carbons (Fsp3) is 0.727. The first-order valence-corrected chi connectivity index (χ1v) is 10.4. The third-order valence-corrected chi connectivity index (χ3v) is 5.27. The average Bonchev–Trinajstić information content (AvgIpc) is 2.50. The maximum Gasteiger partial charge on any atom is 0.436 e. The number of hydrogen-bond donors (Lipinski definition) is 0. The zero-order valence-corrected chi connectivity index (χ0v) is 14.0. The summed E-state index contributed by atoms with van der Waals surface area (Å²) in [5.41, 5.74) is -0.487. The van der Waals surface area contributed by atoms with Gasteiger partial charge in [-0.1, -0.05) is 19.6 Å². The molecule has 0 bridgehead atoms. The second kappa shape index (κ2) is 5.97. The van der Waals surface area contributed by atoms with Gasteiger partial charge >= 0.3 is 6.18 Å². The summed E-state index contributed by atoms with van der Waals surface area (Å²) >= 11 is 2.93. The first-order chi connectivity index (χ1) is 8.52. The highest BCUT2D eigenvalue weighted by molar-refractivity contribution is 9.10. The molecule has 0 aliphatic carbocycles. The molecule has 0 unspecified atom stereocenters. The SMILES string of the molecule is Cc1c(Br)c(C(F)(F)F)nn1COCC[Si](C)(C)C. The van der Waals surface area contributed by atoms with E-state index in [9.17, 15) is 13.2 Å². The molecule has 0 aromatic carbocycles. The molecule has 0 spiro atoms. The van der Waals surface area contributed by atoms with Crippen molar-refractivity contribution >= 4 is 24.0 Å². The number of halogens is 4. The van der Waals surface area contributed by atoms with Crippen LogP contribution in [-0.4, -0.2) is 24.5 Å². The van der Waals surface area contributed by atoms with E-state index in [2.05, 4.69) is 40.7 Å². The summed E-state index contributed by atoms with van der Waals surface area (Å²) in [6, 6.07) is 0.973. The maximum atomic E-state index is 12.6. The van der Waals surface area contributed by atoms with Crippen molar-refractivity contribution in [3.8, 4) is 0 Å². The molecule has 0 N–H and O–H groups in total. The fourth-order valence-electron chi connectivity index (χ4n) is 1.36. The van der Waals surface area contributed by atoms with Crippen LogP contribution in [0.15, 0.2) is 4.47 Å². The number of rotatable bonds is 5. The van der Waals surface area contributed by atoms with Gasteiger partial charge in [0, 0.05) is 14.7 Å². The minimum absolute atomic E-state index is 0.0196. The Morgan fingerprint density at radius 1 is 1.32 bits per heavy atom. The highest BCUT2D eigenvalue weighted by Gasteiger charge is 2.37. The van der Waals surface area contributed by atoms with Gasteiger partial charge in [-0.05, 0) is 28.9 Å². The van der Waals surface area contributed by atoms with Gasteiger partial charge in [0.25, 0.3) is 0 Å². The third kappa shape index (κ3) is 4.92. The van der Waals surface area contributed by atoms with Crippen LogP contribution in [0.5, 0.6) is 0 Å². The van der Waals surface area contributed by atoms with Crippen LogP contribution in [0.2, 0.25) is 25.7 Å². The van der Waals surface area contributed by atoms with Crippen molar-refractivity contribution in [2.75, 3.05) is 6.61 Å². The van der Waals surface area contributed by atoms with Gasteiger partial charge in [-0.2, -0.15) is 18.3 Å². The van der Waals surface area contributed by atoms with Crippen LogP contribution >= 0.6 is 15.9 Å². The minimum Gasteiger partial charge on any atom is -0.360 e. The van der Waals surface area contributed by atoms with Crippen molar-refractivity contribution in [3.63, 3.8) is 0 Å². The Labute approximate surface area is 120 Å². The monoisotopic (exact) mass is 358 g/mol. The number of hydrogen-bond acceptors (Lipinski definition) is 2. The highest BCUT2D eigenvalue weighted by atomic mass is 79.9. The van der Waals surface area contributed by atoms with Crippen LogP contribution in [-0.2, 0) is 17.6 Å². The van der Waals surface area contributed by atoms with E-state index in [1.165, 1.54) is 4.68 Å². The standard InChI is InChI=1S/C11H18BrF3N2OSi/c1-8-9(12)10(11(13,14)15)16-17(8)7-18-5-6-19(2,3)4/h5-7H2,1-4H3. The predicted octanol–water partition coefficient (Wildman–Crippen LogP) is 4.29. The minimum atomic E-state index is -4.45. The fourth-order valence-corrected chi connectivity index (χ4v) is 2.63. The molecule has 0 amide bonds. The molecule has 3 nitrogen and oxygen atoms in total. The molecule has 1 heterocycles. The van der Waals surface area contributed by atoms with Crippen LogP contribution in [0.4, 0.5) is 13.2 Å². The number of ether oxygens (including phenoxy) is 1. The molecule has 8 heteroatoms. The highest BCUT2D eigenvalue weighted by Crippen LogP contribution is 2.35. The molecular weight excluding hydrogens is 341 g/mol. The van der Waals surface area contributed by atoms with Crippen LogP contribution in [0.3, 0.4) is 0 Å². The largest absolute Gasteiger partial charge is 0.436 e. The second-order valence-corrected chi connectivity index (χ2v) is 12.0. The Bertz CT molecular complexity index is 440. The van der Waals surface area contributed by atoms with E-state index in [1.54, 1.807) is 6.92 Å². The maximum absolute atomic E-state index is 12.6. The molecule has 0 saturated carbocycles. The second-order valence-electron chi connectivity index (χ2n) is 5.59. The summed E-state index contributed by atoms with van der Waals surface area (Å²) in [4.78, 5) is 0. The van der Waals surface area contributed by atoms with Gasteiger partial charge in [-0.3, -0.25) is 0 Å². The lowest BCUT2D eigenvalue weighted by Crippen LogP contribution is -2.22. The first-order valence-electron chi connectivity index (χ1n) is 5.90. The summed E-state index contributed by atoms with van der Waals surface area (Å²) in [6.07, 6.45) is -4.45. The van der Waals surface area contributed by atoms with Crippen LogP contribution in [0.1, 0.15) is 11.4 Å². The molecule has 1 aromatic heterocycles. The van der Waals surface area contributed by atoms with E-state index in [0.29, 0.717) is 12.3 Å². The van der Waals surface area contributed by atoms with Crippen molar-refractivity contribution in [3.05, 3.63) is 15.9 Å². The summed E-state index contributed by atoms with van der Waals surface area (Å²) < 4.78 is 44.6. The van der Waals surface area contributed by atoms with Gasteiger partial charge in [0.15, 0.2) is 5.69 Å². The Kier molecular flexibility index (Phi) is 5.25. The summed E-state index contributed by atoms with van der Waals surface area (Å²) in [5, 5.41) is 3.55. The van der Waals surface area contributed by atoms with Crippen molar-refractivity contribution < 1.29 is 17.9 Å². The molecule has 0 atom stereocenters. The quantitative estimate of drug-likeness (QED) is 0.580. The molecule has 0 fully saturated rings. The molecule has 0 saturated heterocycles. The Morgan fingerprint density at radius 3 is 2.32 bits per heavy atom. The normalized spacial score (nSPS) is 13.1. The van der Waals surface area contributed by atoms with Gasteiger partial charge in [0.05, 0.1) is 10.2 Å². The smallest absolute Gasteiger partial charge is 0.360 e. The Hall–Kier alpha value is -0.343. The molecular formula is C11H18BrF3N2OSi. The number of alkyl halides is 3. The van der Waals surface area contributed by atoms with Crippen LogP contribution in [0.25, 0.3) is 0 Å². The van der Waals surface area contributed by atoms with Crippen LogP contribution < -0.4 is 0 Å². The molecule has 0 radical (unpaired) electrons. The van der Waals surface area contributed by atoms with Gasteiger partial charge in [0.2, 0.25) is 0 Å². The lowest BCUT2D eigenvalue weighted by atomic mass is 10.4. The van der Waals surface area contributed by atoms with Gasteiger partial charge in [0.1, 0.15) is 6.73 Å². The predicted molar refractivity (Wildman–Crippen MR) is 73.8 cm³/mol. The lowest BCUT2D eigenvalue weighted by Gasteiger charge is -2.15. The summed E-state index contributed by atoms with van der Waals surface area (Å²) in [7, 11) is -1.19. The molecule has 1 rings (SSSR count). The van der Waals surface area contributed by atoms with Gasteiger partial charge in [-0.25, -0.2) is 4.68 Å². The molecule has 0 aliphatic rings. The number of aromatic nitrogens is 2. The van der Waals surface area contributed by atoms with E-state index < -0.39 is 19.9 Å². The van der Waals surface area contributed by atoms with E-state index in [1.807, 2.05) is 0 Å². The zero-order valence-electron chi connectivity index (χ0n) is 11.4. The topological polar surface area (TPSA) is 27.1 Å². The third-order valence-electron chi connectivity index (χ3n) is 2.61. The Balaban J connectivity index is 2.65. The van der Waals surface area contributed by atoms with E-state index >= 15 is 0 Å². The van der Waals surface area contributed by atoms with Crippen molar-refractivity contribution in [1.29, 1.82) is 0 Å². The number of nitrogens with zero attached hydrogens (tertiary/aromatic N) is 2. The van der Waals surface area contributed by atoms with Gasteiger partial charge < -0.3 is 4.74 Å². The van der Waals surface area contributed by atoms with Crippen molar-refractivity contribution in [2.24, 2.45) is 0 Å². The first kappa shape index (κ1) is 16.7. The summed E-state index contributed by atoms with van der Waals surface area (Å²) in [6.45, 7) is 8.82. The summed E-state index contributed by atoms with van der Waals surface area (Å²) in [5.74, 6) is 0. The molecule has 0 aliphatic heterocycles. The van der Waals surface area contributed by atoms with E-state index in [-0.39, 0.29) is 11.2 Å². The van der Waals surface area contributed by atoms with Gasteiger partial charge in [-0.15, -0.1) is 0 Å².